The van der Waals surface area contributed by atoms with Crippen LogP contribution in [0.4, 0.5) is 8.78 Å². The highest BCUT2D eigenvalue weighted by atomic mass is 127. The molecule has 1 aliphatic heterocycles. The lowest BCUT2D eigenvalue weighted by molar-refractivity contribution is -0.0172. The van der Waals surface area contributed by atoms with Gasteiger partial charge in [-0.05, 0) is 42.2 Å². The molecule has 2 aromatic carbocycles. The quantitative estimate of drug-likeness (QED) is 0.361. The maximum Gasteiger partial charge on any atom is 0.190 e. The average molecular weight is 503 g/mol. The molecule has 0 saturated carbocycles. The van der Waals surface area contributed by atoms with Crippen LogP contribution in [0.15, 0.2) is 41.4 Å². The first-order valence-corrected chi connectivity index (χ1v) is 8.87. The Hall–Kier alpha value is -1.94. The van der Waals surface area contributed by atoms with Crippen molar-refractivity contribution in [1.82, 2.24) is 10.6 Å². The van der Waals surface area contributed by atoms with Gasteiger partial charge in [-0.15, -0.1) is 24.0 Å². The van der Waals surface area contributed by atoms with Crippen LogP contribution in [-0.2, 0) is 24.2 Å². The van der Waals surface area contributed by atoms with Crippen molar-refractivity contribution in [2.75, 3.05) is 26.9 Å². The van der Waals surface area contributed by atoms with E-state index in [-0.39, 0.29) is 42.4 Å². The summed E-state index contributed by atoms with van der Waals surface area (Å²) in [5, 5.41) is 6.33. The second-order valence-electron chi connectivity index (χ2n) is 6.18. The molecule has 0 spiro atoms. The third-order valence-corrected chi connectivity index (χ3v) is 4.31. The van der Waals surface area contributed by atoms with Crippen molar-refractivity contribution < 1.29 is 18.3 Å². The summed E-state index contributed by atoms with van der Waals surface area (Å²) in [6, 6.07) is 9.64. The van der Waals surface area contributed by atoms with Gasteiger partial charge in [-0.25, -0.2) is 8.78 Å². The van der Waals surface area contributed by atoms with Crippen LogP contribution < -0.4 is 15.4 Å². The summed E-state index contributed by atoms with van der Waals surface area (Å²) in [5.41, 5.74) is 2.18. The Balaban J connectivity index is 0.00000280. The molecule has 0 unspecified atom stereocenters. The van der Waals surface area contributed by atoms with E-state index in [9.17, 15) is 8.78 Å². The third-order valence-electron chi connectivity index (χ3n) is 4.31. The van der Waals surface area contributed by atoms with Crippen LogP contribution in [0.3, 0.4) is 0 Å². The van der Waals surface area contributed by atoms with E-state index in [2.05, 4.69) is 15.6 Å². The highest BCUT2D eigenvalue weighted by Crippen LogP contribution is 2.29. The van der Waals surface area contributed by atoms with Gasteiger partial charge >= 0.3 is 0 Å². The zero-order chi connectivity index (χ0) is 19.1. The fourth-order valence-electron chi connectivity index (χ4n) is 3.00. The van der Waals surface area contributed by atoms with Crippen LogP contribution in [0.25, 0.3) is 0 Å². The fourth-order valence-corrected chi connectivity index (χ4v) is 3.00. The largest absolute Gasteiger partial charge is 0.467 e. The van der Waals surface area contributed by atoms with Crippen molar-refractivity contribution in [3.63, 3.8) is 0 Å². The molecule has 0 bridgehead atoms. The van der Waals surface area contributed by atoms with E-state index in [0.717, 1.165) is 11.1 Å². The van der Waals surface area contributed by atoms with Crippen LogP contribution in [0.1, 0.15) is 16.7 Å². The molecule has 0 radical (unpaired) electrons. The number of ether oxygens (including phenoxy) is 2. The van der Waals surface area contributed by atoms with Crippen LogP contribution in [0.5, 0.6) is 5.75 Å². The molecule has 28 heavy (non-hydrogen) atoms. The minimum absolute atomic E-state index is 0. The minimum Gasteiger partial charge on any atom is -0.467 e. The molecule has 8 heteroatoms. The predicted molar refractivity (Wildman–Crippen MR) is 115 cm³/mol. The number of fused-ring (bicyclic) bond motifs is 1. The molecule has 1 aliphatic rings. The number of hydrogen-bond acceptors (Lipinski definition) is 3. The van der Waals surface area contributed by atoms with Gasteiger partial charge in [-0.3, -0.25) is 4.99 Å². The molecule has 0 fully saturated rings. The normalized spacial score (nSPS) is 13.2. The molecular formula is C20H24F2IN3O2. The maximum atomic E-state index is 13.8. The summed E-state index contributed by atoms with van der Waals surface area (Å²) in [4.78, 5) is 4.15. The summed E-state index contributed by atoms with van der Waals surface area (Å²) >= 11 is 0. The molecule has 152 valence electrons. The Morgan fingerprint density at radius 2 is 1.79 bits per heavy atom. The third kappa shape index (κ3) is 6.03. The molecule has 1 heterocycles. The number of nitrogens with zero attached hydrogens (tertiary/aromatic N) is 1. The topological polar surface area (TPSA) is 54.9 Å². The van der Waals surface area contributed by atoms with Crippen LogP contribution in [0, 0.1) is 11.6 Å². The van der Waals surface area contributed by atoms with Gasteiger partial charge in [0, 0.05) is 25.7 Å². The van der Waals surface area contributed by atoms with Gasteiger partial charge in [0.2, 0.25) is 0 Å². The zero-order valence-corrected chi connectivity index (χ0v) is 18.0. The minimum atomic E-state index is -0.301. The number of guanidine groups is 1. The second kappa shape index (κ2) is 11.2. The zero-order valence-electron chi connectivity index (χ0n) is 15.6. The molecule has 5 nitrogen and oxygen atoms in total. The number of nitrogens with one attached hydrogen (secondary N) is 2. The van der Waals surface area contributed by atoms with Crippen molar-refractivity contribution in [3.05, 3.63) is 64.7 Å². The Kier molecular flexibility index (Phi) is 8.91. The number of hydrogen-bond donors (Lipinski definition) is 2. The van der Waals surface area contributed by atoms with Crippen LogP contribution in [-0.4, -0.2) is 32.9 Å². The van der Waals surface area contributed by atoms with Crippen molar-refractivity contribution in [2.24, 2.45) is 4.99 Å². The number of aliphatic imine (C=N–C) groups is 1. The lowest BCUT2D eigenvalue weighted by atomic mass is 10.1. The van der Waals surface area contributed by atoms with Crippen molar-refractivity contribution in [1.29, 1.82) is 0 Å². The van der Waals surface area contributed by atoms with E-state index in [0.29, 0.717) is 49.8 Å². The molecule has 0 saturated heterocycles. The molecule has 0 aromatic heterocycles. The van der Waals surface area contributed by atoms with Crippen molar-refractivity contribution >= 4 is 29.9 Å². The van der Waals surface area contributed by atoms with Gasteiger partial charge in [0.1, 0.15) is 17.4 Å². The Bertz CT molecular complexity index is 818. The summed E-state index contributed by atoms with van der Waals surface area (Å²) in [6.45, 7) is 1.64. The highest BCUT2D eigenvalue weighted by molar-refractivity contribution is 14.0. The van der Waals surface area contributed by atoms with Gasteiger partial charge in [0.05, 0.1) is 6.61 Å². The Labute approximate surface area is 180 Å². The lowest BCUT2D eigenvalue weighted by Gasteiger charge is -2.21. The number of rotatable bonds is 6. The summed E-state index contributed by atoms with van der Waals surface area (Å²) in [7, 11) is 1.67. The first-order valence-electron chi connectivity index (χ1n) is 8.87. The van der Waals surface area contributed by atoms with Gasteiger partial charge < -0.3 is 20.1 Å². The average Bonchev–Trinajstić information content (AvgIpc) is 2.68. The monoisotopic (exact) mass is 503 g/mol. The van der Waals surface area contributed by atoms with Gasteiger partial charge in [0.25, 0.3) is 0 Å². The smallest absolute Gasteiger partial charge is 0.190 e. The van der Waals surface area contributed by atoms with E-state index >= 15 is 0 Å². The maximum absolute atomic E-state index is 13.8. The molecule has 2 N–H and O–H groups in total. The van der Waals surface area contributed by atoms with Crippen molar-refractivity contribution in [2.45, 2.75) is 19.4 Å². The van der Waals surface area contributed by atoms with Gasteiger partial charge in [-0.1, -0.05) is 18.2 Å². The molecule has 3 rings (SSSR count). The second-order valence-corrected chi connectivity index (χ2v) is 6.18. The number of benzene rings is 2. The van der Waals surface area contributed by atoms with E-state index in [1.165, 1.54) is 18.2 Å². The fraction of sp³-hybridized carbons (Fsp3) is 0.350. The summed E-state index contributed by atoms with van der Waals surface area (Å²) in [5.74, 6) is 0.806. The molecule has 0 amide bonds. The van der Waals surface area contributed by atoms with Crippen LogP contribution in [0.2, 0.25) is 0 Å². The molecule has 2 aromatic rings. The first-order chi connectivity index (χ1) is 13.2. The summed E-state index contributed by atoms with van der Waals surface area (Å²) < 4.78 is 38.1. The lowest BCUT2D eigenvalue weighted by Crippen LogP contribution is -2.39. The van der Waals surface area contributed by atoms with E-state index in [1.807, 2.05) is 6.07 Å². The SMILES string of the molecule is CN=C(NCCc1ccccc1F)NCCc1cc(F)cc2c1OCOC2.I. The van der Waals surface area contributed by atoms with Crippen molar-refractivity contribution in [3.8, 4) is 5.75 Å². The van der Waals surface area contributed by atoms with Gasteiger partial charge in [0.15, 0.2) is 12.8 Å². The Morgan fingerprint density at radius 3 is 2.50 bits per heavy atom. The standard InChI is InChI=1S/C20H23F2N3O2.HI/c1-23-20(24-8-6-14-4-2-3-5-18(14)22)25-9-7-15-10-17(21)11-16-12-26-13-27-19(15)16;/h2-5,10-11H,6-9,12-13H2,1H3,(H2,23,24,25);1H. The molecule has 0 atom stereocenters. The van der Waals surface area contributed by atoms with E-state index in [1.54, 1.807) is 19.2 Å². The van der Waals surface area contributed by atoms with Gasteiger partial charge in [-0.2, -0.15) is 0 Å². The van der Waals surface area contributed by atoms with E-state index in [4.69, 9.17) is 9.47 Å². The first kappa shape index (κ1) is 22.4. The predicted octanol–water partition coefficient (Wildman–Crippen LogP) is 3.40. The highest BCUT2D eigenvalue weighted by Gasteiger charge is 2.16. The van der Waals surface area contributed by atoms with Crippen LogP contribution >= 0.6 is 24.0 Å². The molecule has 0 aliphatic carbocycles. The molecular weight excluding hydrogens is 479 g/mol. The Morgan fingerprint density at radius 1 is 1.07 bits per heavy atom. The number of halogens is 3. The van der Waals surface area contributed by atoms with E-state index < -0.39 is 0 Å². The summed E-state index contributed by atoms with van der Waals surface area (Å²) in [6.07, 6.45) is 1.13.